The molecule has 1 aromatic rings. The van der Waals surface area contributed by atoms with Gasteiger partial charge in [0.1, 0.15) is 4.21 Å². The summed E-state index contributed by atoms with van der Waals surface area (Å²) in [6.07, 6.45) is 0.632. The van der Waals surface area contributed by atoms with Gasteiger partial charge in [-0.05, 0) is 34.5 Å². The fourth-order valence-corrected chi connectivity index (χ4v) is 4.05. The quantitative estimate of drug-likeness (QED) is 0.669. The van der Waals surface area contributed by atoms with Gasteiger partial charge >= 0.3 is 0 Å². The molecule has 0 aliphatic rings. The molecule has 14 heavy (non-hydrogen) atoms. The second kappa shape index (κ2) is 5.46. The van der Waals surface area contributed by atoms with Gasteiger partial charge in [0.25, 0.3) is 0 Å². The maximum absolute atomic E-state index is 11.6. The number of nitrogens with one attached hydrogen (secondary N) is 1. The standard InChI is InChI=1S/C7H9BrClNO2S2/c8-6-2-3-7(13-6)14(11,12)10-5-1-4-9/h2-3,10H,1,4-5H2. The van der Waals surface area contributed by atoms with Gasteiger partial charge in [-0.2, -0.15) is 0 Å². The van der Waals surface area contributed by atoms with Gasteiger partial charge in [-0.15, -0.1) is 22.9 Å². The zero-order valence-corrected chi connectivity index (χ0v) is 11.1. The third-order valence-corrected chi connectivity index (χ3v) is 5.26. The fourth-order valence-electron chi connectivity index (χ4n) is 0.787. The summed E-state index contributed by atoms with van der Waals surface area (Å²) in [5, 5.41) is 0. The highest BCUT2D eigenvalue weighted by atomic mass is 79.9. The molecule has 1 heterocycles. The van der Waals surface area contributed by atoms with Crippen LogP contribution >= 0.6 is 38.9 Å². The van der Waals surface area contributed by atoms with E-state index in [-0.39, 0.29) is 0 Å². The number of thiophene rings is 1. The molecule has 0 amide bonds. The summed E-state index contributed by atoms with van der Waals surface area (Å²) in [7, 11) is -3.33. The molecule has 0 bridgehead atoms. The van der Waals surface area contributed by atoms with E-state index in [1.807, 2.05) is 0 Å². The lowest BCUT2D eigenvalue weighted by Gasteiger charge is -2.02. The van der Waals surface area contributed by atoms with Gasteiger partial charge in [0, 0.05) is 12.4 Å². The number of hydrogen-bond donors (Lipinski definition) is 1. The van der Waals surface area contributed by atoms with Gasteiger partial charge in [-0.1, -0.05) is 0 Å². The Kier molecular flexibility index (Phi) is 4.86. The minimum Gasteiger partial charge on any atom is -0.210 e. The van der Waals surface area contributed by atoms with E-state index in [2.05, 4.69) is 20.7 Å². The Morgan fingerprint density at radius 3 is 2.71 bits per heavy atom. The molecule has 0 aromatic carbocycles. The molecule has 0 saturated heterocycles. The smallest absolute Gasteiger partial charge is 0.210 e. The van der Waals surface area contributed by atoms with E-state index in [1.54, 1.807) is 12.1 Å². The summed E-state index contributed by atoms with van der Waals surface area (Å²) in [6.45, 7) is 0.376. The molecule has 0 spiro atoms. The summed E-state index contributed by atoms with van der Waals surface area (Å²) in [6, 6.07) is 3.28. The average molecular weight is 319 g/mol. The number of sulfonamides is 1. The van der Waals surface area contributed by atoms with Crippen molar-refractivity contribution < 1.29 is 8.42 Å². The van der Waals surface area contributed by atoms with Crippen LogP contribution in [0.25, 0.3) is 0 Å². The SMILES string of the molecule is O=S(=O)(NCCCCl)c1ccc(Br)s1. The van der Waals surface area contributed by atoms with Gasteiger partial charge in [-0.25, -0.2) is 13.1 Å². The predicted octanol–water partition coefficient (Wildman–Crippen LogP) is 2.42. The topological polar surface area (TPSA) is 46.2 Å². The summed E-state index contributed by atoms with van der Waals surface area (Å²) >= 11 is 9.84. The first-order valence-corrected chi connectivity index (χ1v) is 7.50. The Hall–Kier alpha value is 0.380. The van der Waals surface area contributed by atoms with Crippen molar-refractivity contribution in [2.45, 2.75) is 10.6 Å². The van der Waals surface area contributed by atoms with Crippen molar-refractivity contribution in [2.24, 2.45) is 0 Å². The van der Waals surface area contributed by atoms with Crippen molar-refractivity contribution >= 4 is 48.9 Å². The van der Waals surface area contributed by atoms with Gasteiger partial charge in [-0.3, -0.25) is 0 Å². The number of alkyl halides is 1. The van der Waals surface area contributed by atoms with E-state index >= 15 is 0 Å². The van der Waals surface area contributed by atoms with Crippen LogP contribution < -0.4 is 4.72 Å². The van der Waals surface area contributed by atoms with Crippen molar-refractivity contribution in [3.05, 3.63) is 15.9 Å². The average Bonchev–Trinajstić information content (AvgIpc) is 2.53. The summed E-state index contributed by atoms with van der Waals surface area (Å²) in [4.78, 5) is 0. The van der Waals surface area contributed by atoms with E-state index in [4.69, 9.17) is 11.6 Å². The number of halogens is 2. The van der Waals surface area contributed by atoms with E-state index < -0.39 is 10.0 Å². The van der Waals surface area contributed by atoms with Gasteiger partial charge in [0.15, 0.2) is 0 Å². The van der Waals surface area contributed by atoms with E-state index in [0.29, 0.717) is 23.1 Å². The Labute approximate surface area is 101 Å². The van der Waals surface area contributed by atoms with Gasteiger partial charge in [0.05, 0.1) is 3.79 Å². The van der Waals surface area contributed by atoms with Gasteiger partial charge in [0.2, 0.25) is 10.0 Å². The molecule has 1 N–H and O–H groups in total. The fraction of sp³-hybridized carbons (Fsp3) is 0.429. The van der Waals surface area contributed by atoms with Crippen molar-refractivity contribution in [3.8, 4) is 0 Å². The first kappa shape index (κ1) is 12.4. The molecule has 1 aromatic heterocycles. The molecule has 1 rings (SSSR count). The highest BCUT2D eigenvalue weighted by Gasteiger charge is 2.15. The van der Waals surface area contributed by atoms with Crippen LogP contribution in [0.2, 0.25) is 0 Å². The molecular weight excluding hydrogens is 310 g/mol. The minimum atomic E-state index is -3.33. The van der Waals surface area contributed by atoms with Crippen LogP contribution in [0.1, 0.15) is 6.42 Å². The zero-order valence-electron chi connectivity index (χ0n) is 7.16. The number of rotatable bonds is 5. The lowest BCUT2D eigenvalue weighted by Crippen LogP contribution is -2.24. The van der Waals surface area contributed by atoms with E-state index in [9.17, 15) is 8.42 Å². The molecule has 0 aliphatic heterocycles. The predicted molar refractivity (Wildman–Crippen MR) is 62.5 cm³/mol. The third kappa shape index (κ3) is 3.51. The minimum absolute atomic E-state index is 0.318. The van der Waals surface area contributed by atoms with Crippen LogP contribution in [0.15, 0.2) is 20.1 Å². The normalized spacial score (nSPS) is 11.9. The lowest BCUT2D eigenvalue weighted by molar-refractivity contribution is 0.583. The highest BCUT2D eigenvalue weighted by molar-refractivity contribution is 9.11. The monoisotopic (exact) mass is 317 g/mol. The van der Waals surface area contributed by atoms with Crippen LogP contribution in [0.5, 0.6) is 0 Å². The van der Waals surface area contributed by atoms with Crippen molar-refractivity contribution in [3.63, 3.8) is 0 Å². The van der Waals surface area contributed by atoms with E-state index in [1.165, 1.54) is 11.3 Å². The summed E-state index contributed by atoms with van der Waals surface area (Å²) < 4.78 is 26.7. The Bertz CT molecular complexity index is 390. The molecule has 0 unspecified atom stereocenters. The maximum atomic E-state index is 11.6. The summed E-state index contributed by atoms with van der Waals surface area (Å²) in [5.41, 5.74) is 0. The van der Waals surface area contributed by atoms with Crippen LogP contribution in [0.4, 0.5) is 0 Å². The molecule has 0 radical (unpaired) electrons. The Morgan fingerprint density at radius 2 is 2.21 bits per heavy atom. The largest absolute Gasteiger partial charge is 0.250 e. The molecule has 7 heteroatoms. The molecule has 0 saturated carbocycles. The van der Waals surface area contributed by atoms with Gasteiger partial charge < -0.3 is 0 Å². The summed E-state index contributed by atoms with van der Waals surface area (Å²) in [5.74, 6) is 0.455. The van der Waals surface area contributed by atoms with Crippen LogP contribution in [0, 0.1) is 0 Å². The van der Waals surface area contributed by atoms with Crippen molar-refractivity contribution in [1.82, 2.24) is 4.72 Å². The van der Waals surface area contributed by atoms with Crippen LogP contribution in [-0.2, 0) is 10.0 Å². The van der Waals surface area contributed by atoms with Crippen molar-refractivity contribution in [2.75, 3.05) is 12.4 Å². The Morgan fingerprint density at radius 1 is 1.50 bits per heavy atom. The first-order valence-electron chi connectivity index (χ1n) is 3.87. The molecule has 0 fully saturated rings. The number of hydrogen-bond acceptors (Lipinski definition) is 3. The highest BCUT2D eigenvalue weighted by Crippen LogP contribution is 2.25. The molecule has 3 nitrogen and oxygen atoms in total. The van der Waals surface area contributed by atoms with Crippen LogP contribution in [-0.4, -0.2) is 20.8 Å². The molecule has 0 atom stereocenters. The lowest BCUT2D eigenvalue weighted by atomic mass is 10.5. The second-order valence-corrected chi connectivity index (χ2v) is 7.33. The Balaban J connectivity index is 2.66. The first-order chi connectivity index (χ1) is 6.56. The maximum Gasteiger partial charge on any atom is 0.250 e. The molecule has 0 aliphatic carbocycles. The third-order valence-electron chi connectivity index (χ3n) is 1.42. The molecule has 80 valence electrons. The second-order valence-electron chi connectivity index (χ2n) is 2.50. The van der Waals surface area contributed by atoms with Crippen LogP contribution in [0.3, 0.4) is 0 Å². The van der Waals surface area contributed by atoms with E-state index in [0.717, 1.165) is 3.79 Å². The molecular formula is C7H9BrClNO2S2. The van der Waals surface area contributed by atoms with Crippen molar-refractivity contribution in [1.29, 1.82) is 0 Å². The zero-order chi connectivity index (χ0) is 10.6.